The molecule has 1 aromatic rings. The summed E-state index contributed by atoms with van der Waals surface area (Å²) in [5, 5.41) is 3.94. The molecule has 4 saturated carbocycles. The SMILES string of the molecule is C[C@H]1CC[C@]2(NC1)O[C@H]1CC3[C@@H]4CCC5C(c6cccc(C[C@H](N)CCN)c6)CCC[C@]5(C)C4CC[C@]3(C)[C@H]1[C@@H]2C. The third-order valence-electron chi connectivity index (χ3n) is 14.6. The van der Waals surface area contributed by atoms with E-state index < -0.39 is 0 Å². The van der Waals surface area contributed by atoms with Crippen molar-refractivity contribution in [3.05, 3.63) is 35.4 Å². The molecule has 0 amide bonds. The van der Waals surface area contributed by atoms with E-state index in [0.717, 1.165) is 54.9 Å². The van der Waals surface area contributed by atoms with Gasteiger partial charge < -0.3 is 16.2 Å². The van der Waals surface area contributed by atoms with Crippen LogP contribution in [-0.2, 0) is 11.2 Å². The zero-order valence-corrected chi connectivity index (χ0v) is 26.5. The quantitative estimate of drug-likeness (QED) is 0.362. The highest BCUT2D eigenvalue weighted by Gasteiger charge is 2.68. The Hall–Kier alpha value is -0.940. The monoisotopic (exact) mass is 561 g/mol. The van der Waals surface area contributed by atoms with Gasteiger partial charge in [0.25, 0.3) is 0 Å². The van der Waals surface area contributed by atoms with Crippen LogP contribution in [0.15, 0.2) is 24.3 Å². The zero-order chi connectivity index (χ0) is 28.6. The normalized spacial score (nSPS) is 49.7. The van der Waals surface area contributed by atoms with E-state index in [2.05, 4.69) is 57.3 Å². The largest absolute Gasteiger partial charge is 0.357 e. The van der Waals surface area contributed by atoms with E-state index >= 15 is 0 Å². The van der Waals surface area contributed by atoms with Gasteiger partial charge in [0, 0.05) is 18.5 Å². The number of nitrogens with one attached hydrogen (secondary N) is 1. The van der Waals surface area contributed by atoms with Crippen molar-refractivity contribution in [2.75, 3.05) is 13.1 Å². The van der Waals surface area contributed by atoms with E-state index in [1.165, 1.54) is 69.8 Å². The first-order valence-corrected chi connectivity index (χ1v) is 17.7. The summed E-state index contributed by atoms with van der Waals surface area (Å²) in [6.45, 7) is 12.2. The van der Waals surface area contributed by atoms with Crippen molar-refractivity contribution in [2.45, 2.75) is 129 Å². The molecule has 7 rings (SSSR count). The molecule has 2 aliphatic heterocycles. The van der Waals surface area contributed by atoms with Gasteiger partial charge in [-0.1, -0.05) is 58.4 Å². The van der Waals surface area contributed by atoms with Gasteiger partial charge in [0.1, 0.15) is 5.72 Å². The Morgan fingerprint density at radius 3 is 2.61 bits per heavy atom. The van der Waals surface area contributed by atoms with Crippen LogP contribution < -0.4 is 16.8 Å². The number of hydrogen-bond acceptors (Lipinski definition) is 4. The molecular weight excluding hydrogens is 502 g/mol. The Balaban J connectivity index is 1.10. The molecule has 4 heteroatoms. The fraction of sp³-hybridized carbons (Fsp3) is 0.838. The molecule has 2 heterocycles. The summed E-state index contributed by atoms with van der Waals surface area (Å²) in [5.74, 6) is 6.30. The number of fused-ring (bicyclic) bond motifs is 7. The van der Waals surface area contributed by atoms with Gasteiger partial charge in [0.15, 0.2) is 0 Å². The van der Waals surface area contributed by atoms with Crippen LogP contribution in [0.25, 0.3) is 0 Å². The molecule has 5 N–H and O–H groups in total. The van der Waals surface area contributed by atoms with Crippen LogP contribution in [0.1, 0.15) is 115 Å². The van der Waals surface area contributed by atoms with Crippen molar-refractivity contribution in [2.24, 2.45) is 63.7 Å². The van der Waals surface area contributed by atoms with Crippen molar-refractivity contribution < 1.29 is 4.74 Å². The molecule has 13 atom stereocenters. The van der Waals surface area contributed by atoms with E-state index in [4.69, 9.17) is 16.2 Å². The summed E-state index contributed by atoms with van der Waals surface area (Å²) in [6, 6.07) is 9.71. The van der Waals surface area contributed by atoms with Crippen molar-refractivity contribution in [3.8, 4) is 0 Å². The molecule has 0 bridgehead atoms. The molecule has 6 fully saturated rings. The van der Waals surface area contributed by atoms with Gasteiger partial charge in [0.05, 0.1) is 6.10 Å². The van der Waals surface area contributed by atoms with Gasteiger partial charge in [-0.15, -0.1) is 0 Å². The highest BCUT2D eigenvalue weighted by molar-refractivity contribution is 5.29. The minimum atomic E-state index is -0.0460. The Morgan fingerprint density at radius 2 is 1.83 bits per heavy atom. The van der Waals surface area contributed by atoms with Crippen LogP contribution in [0.3, 0.4) is 0 Å². The van der Waals surface area contributed by atoms with Crippen LogP contribution in [0.4, 0.5) is 0 Å². The number of hydrogen-bond donors (Lipinski definition) is 3. The lowest BCUT2D eigenvalue weighted by atomic mass is 9.43. The minimum Gasteiger partial charge on any atom is -0.357 e. The smallest absolute Gasteiger partial charge is 0.122 e. The minimum absolute atomic E-state index is 0.0460. The molecule has 41 heavy (non-hydrogen) atoms. The predicted molar refractivity (Wildman–Crippen MR) is 168 cm³/mol. The van der Waals surface area contributed by atoms with Gasteiger partial charge in [-0.05, 0) is 141 Å². The average molecular weight is 562 g/mol. The van der Waals surface area contributed by atoms with Crippen molar-refractivity contribution in [3.63, 3.8) is 0 Å². The zero-order valence-electron chi connectivity index (χ0n) is 26.5. The molecule has 0 radical (unpaired) electrons. The second-order valence-electron chi connectivity index (χ2n) is 16.5. The second-order valence-corrected chi connectivity index (χ2v) is 16.5. The number of rotatable bonds is 5. The van der Waals surface area contributed by atoms with Gasteiger partial charge in [-0.2, -0.15) is 0 Å². The van der Waals surface area contributed by atoms with Crippen LogP contribution in [-0.4, -0.2) is 31.0 Å². The Kier molecular flexibility index (Phi) is 7.45. The molecule has 0 aromatic heterocycles. The Labute approximate surface area is 250 Å². The fourth-order valence-electron chi connectivity index (χ4n) is 12.6. The predicted octanol–water partition coefficient (Wildman–Crippen LogP) is 7.01. The molecule has 2 saturated heterocycles. The summed E-state index contributed by atoms with van der Waals surface area (Å²) in [7, 11) is 0. The van der Waals surface area contributed by atoms with E-state index in [0.29, 0.717) is 35.3 Å². The third-order valence-corrected chi connectivity index (χ3v) is 14.6. The third kappa shape index (κ3) is 4.51. The maximum Gasteiger partial charge on any atom is 0.122 e. The molecule has 4 unspecified atom stereocenters. The second kappa shape index (κ2) is 10.6. The number of nitrogens with two attached hydrogens (primary N) is 2. The van der Waals surface area contributed by atoms with Crippen molar-refractivity contribution >= 4 is 0 Å². The van der Waals surface area contributed by atoms with E-state index in [1.807, 2.05) is 0 Å². The van der Waals surface area contributed by atoms with Gasteiger partial charge >= 0.3 is 0 Å². The standard InChI is InChI=1S/C37H59N3O/c1-23-12-17-37(40-22-23)24(2)34-33(41-37)21-32-29-10-11-30-28(26-8-5-7-25(19-26)20-27(39)14-18-38)9-6-15-35(30,3)31(29)13-16-36(32,34)4/h5,7-8,19,23-24,27-34,40H,6,9-18,20-22,38-39H2,1-4H3/t23-,24-,27+,28?,29+,30?,31?,32?,33-,34-,35-,36-,37-/m0/s1. The maximum atomic E-state index is 7.14. The summed E-state index contributed by atoms with van der Waals surface area (Å²) in [6.07, 6.45) is 16.1. The first kappa shape index (κ1) is 28.8. The first-order chi connectivity index (χ1) is 19.7. The molecule has 228 valence electrons. The lowest BCUT2D eigenvalue weighted by Crippen LogP contribution is -2.57. The van der Waals surface area contributed by atoms with Crippen molar-refractivity contribution in [1.82, 2.24) is 5.32 Å². The molecule has 4 nitrogen and oxygen atoms in total. The van der Waals surface area contributed by atoms with Crippen LogP contribution in [0.2, 0.25) is 0 Å². The van der Waals surface area contributed by atoms with E-state index in [-0.39, 0.29) is 11.8 Å². The topological polar surface area (TPSA) is 73.3 Å². The first-order valence-electron chi connectivity index (χ1n) is 17.7. The van der Waals surface area contributed by atoms with E-state index in [9.17, 15) is 0 Å². The summed E-state index contributed by atoms with van der Waals surface area (Å²) in [4.78, 5) is 0. The lowest BCUT2D eigenvalue weighted by Gasteiger charge is -2.62. The molecular formula is C37H59N3O. The Bertz CT molecular complexity index is 1100. The van der Waals surface area contributed by atoms with Crippen LogP contribution in [0.5, 0.6) is 0 Å². The highest BCUT2D eigenvalue weighted by Crippen LogP contribution is 2.72. The molecule has 1 aromatic carbocycles. The average Bonchev–Trinajstić information content (AvgIpc) is 3.39. The number of benzene rings is 1. The van der Waals surface area contributed by atoms with Gasteiger partial charge in [-0.25, -0.2) is 0 Å². The van der Waals surface area contributed by atoms with Gasteiger partial charge in [-0.3, -0.25) is 5.32 Å². The van der Waals surface area contributed by atoms with E-state index in [1.54, 1.807) is 5.56 Å². The molecule has 4 aliphatic carbocycles. The number of ether oxygens (including phenoxy) is 1. The fourth-order valence-corrected chi connectivity index (χ4v) is 12.6. The molecule has 6 aliphatic rings. The summed E-state index contributed by atoms with van der Waals surface area (Å²) >= 11 is 0. The highest BCUT2D eigenvalue weighted by atomic mass is 16.5. The van der Waals surface area contributed by atoms with Crippen LogP contribution in [0, 0.1) is 52.3 Å². The summed E-state index contributed by atoms with van der Waals surface area (Å²) < 4.78 is 7.14. The Morgan fingerprint density at radius 1 is 0.976 bits per heavy atom. The molecule has 1 spiro atoms. The number of piperidine rings is 1. The van der Waals surface area contributed by atoms with Gasteiger partial charge in [0.2, 0.25) is 0 Å². The summed E-state index contributed by atoms with van der Waals surface area (Å²) in [5.41, 5.74) is 16.1. The van der Waals surface area contributed by atoms with Crippen molar-refractivity contribution in [1.29, 1.82) is 0 Å². The van der Waals surface area contributed by atoms with Crippen LogP contribution >= 0.6 is 0 Å². The maximum absolute atomic E-state index is 7.14. The lowest BCUT2D eigenvalue weighted by molar-refractivity contribution is -0.135.